The molecule has 0 aliphatic carbocycles. The van der Waals surface area contributed by atoms with Gasteiger partial charge in [-0.1, -0.05) is 6.07 Å². The van der Waals surface area contributed by atoms with E-state index >= 15 is 0 Å². The molecule has 2 aromatic heterocycles. The minimum absolute atomic E-state index is 0.221. The van der Waals surface area contributed by atoms with Crippen LogP contribution in [-0.2, 0) is 17.9 Å². The molecule has 156 valence electrons. The lowest BCUT2D eigenvalue weighted by Crippen LogP contribution is -2.08. The van der Waals surface area contributed by atoms with E-state index in [1.54, 1.807) is 7.11 Å². The Kier molecular flexibility index (Phi) is 7.39. The largest absolute Gasteiger partial charge is 0.490 e. The summed E-state index contributed by atoms with van der Waals surface area (Å²) in [7, 11) is 1.60. The third-order valence-corrected chi connectivity index (χ3v) is 4.25. The van der Waals surface area contributed by atoms with E-state index < -0.39 is 0 Å². The van der Waals surface area contributed by atoms with Gasteiger partial charge in [-0.2, -0.15) is 0 Å². The van der Waals surface area contributed by atoms with Crippen LogP contribution >= 0.6 is 0 Å². The van der Waals surface area contributed by atoms with Gasteiger partial charge >= 0.3 is 0 Å². The molecular weight excluding hydrogens is 384 g/mol. The number of methoxy groups -OCH3 is 1. The highest BCUT2D eigenvalue weighted by molar-refractivity contribution is 5.93. The quantitative estimate of drug-likeness (QED) is 0.296. The average Bonchev–Trinajstić information content (AvgIpc) is 2.79. The molecule has 0 aliphatic heterocycles. The highest BCUT2D eigenvalue weighted by Crippen LogP contribution is 2.33. The van der Waals surface area contributed by atoms with Crippen LogP contribution < -0.4 is 15.8 Å². The van der Waals surface area contributed by atoms with Crippen molar-refractivity contribution in [3.63, 3.8) is 0 Å². The van der Waals surface area contributed by atoms with E-state index in [1.807, 2.05) is 30.3 Å². The molecule has 0 aliphatic rings. The van der Waals surface area contributed by atoms with E-state index in [9.17, 15) is 5.11 Å². The van der Waals surface area contributed by atoms with Crippen LogP contribution in [0.25, 0.3) is 11.3 Å². The van der Waals surface area contributed by atoms with Gasteiger partial charge in [0.1, 0.15) is 18.2 Å². The molecule has 0 unspecified atom stereocenters. The van der Waals surface area contributed by atoms with Gasteiger partial charge in [0.05, 0.1) is 53.9 Å². The number of rotatable bonds is 10. The molecule has 3 rings (SSSR count). The smallest absolute Gasteiger partial charge is 0.149 e. The number of anilines is 2. The van der Waals surface area contributed by atoms with E-state index in [2.05, 4.69) is 20.3 Å². The summed E-state index contributed by atoms with van der Waals surface area (Å²) >= 11 is 0. The van der Waals surface area contributed by atoms with Crippen LogP contribution in [0.15, 0.2) is 42.7 Å². The van der Waals surface area contributed by atoms with Crippen molar-refractivity contribution in [3.05, 3.63) is 59.7 Å². The number of nitrogens with two attached hydrogens (primary N) is 1. The Bertz CT molecular complexity index is 1010. The maximum absolute atomic E-state index is 9.32. The summed E-state index contributed by atoms with van der Waals surface area (Å²) in [4.78, 5) is 13.0. The van der Waals surface area contributed by atoms with Gasteiger partial charge in [-0.3, -0.25) is 9.97 Å². The summed E-state index contributed by atoms with van der Waals surface area (Å²) in [6, 6.07) is 9.33. The lowest BCUT2D eigenvalue weighted by atomic mass is 10.0. The minimum Gasteiger partial charge on any atom is -0.490 e. The maximum atomic E-state index is 9.32. The summed E-state index contributed by atoms with van der Waals surface area (Å²) in [6.07, 6.45) is 4.24. The molecule has 1 aromatic carbocycles. The summed E-state index contributed by atoms with van der Waals surface area (Å²) in [5, 5.41) is 20.4. The first-order valence-corrected chi connectivity index (χ1v) is 9.34. The molecule has 0 saturated heterocycles. The Morgan fingerprint density at radius 3 is 2.77 bits per heavy atom. The summed E-state index contributed by atoms with van der Waals surface area (Å²) < 4.78 is 10.9. The summed E-state index contributed by atoms with van der Waals surface area (Å²) in [6.45, 7) is 0.852. The molecule has 3 aromatic rings. The van der Waals surface area contributed by atoms with Crippen LogP contribution in [0.2, 0.25) is 0 Å². The van der Waals surface area contributed by atoms with Gasteiger partial charge in [0.15, 0.2) is 0 Å². The fourth-order valence-corrected chi connectivity index (χ4v) is 2.82. The first-order chi connectivity index (χ1) is 14.7. The Morgan fingerprint density at radius 1 is 1.17 bits per heavy atom. The van der Waals surface area contributed by atoms with Gasteiger partial charge in [0.2, 0.25) is 0 Å². The molecule has 30 heavy (non-hydrogen) atoms. The number of aliphatic hydroxyl groups is 1. The number of aromatic nitrogens is 3. The molecule has 0 spiro atoms. The van der Waals surface area contributed by atoms with Crippen LogP contribution in [-0.4, -0.2) is 46.6 Å². The topological polar surface area (TPSA) is 139 Å². The highest BCUT2D eigenvalue weighted by Gasteiger charge is 2.14. The van der Waals surface area contributed by atoms with Crippen molar-refractivity contribution in [1.29, 1.82) is 5.41 Å². The van der Waals surface area contributed by atoms with Gasteiger partial charge in [-0.05, 0) is 24.3 Å². The number of aliphatic hydroxyl groups excluding tert-OH is 1. The van der Waals surface area contributed by atoms with Gasteiger partial charge < -0.3 is 31.0 Å². The van der Waals surface area contributed by atoms with Crippen LogP contribution in [0.4, 0.5) is 11.5 Å². The zero-order valence-corrected chi connectivity index (χ0v) is 16.6. The number of nitrogens with one attached hydrogen (secondary N) is 2. The second-order valence-electron chi connectivity index (χ2n) is 6.32. The van der Waals surface area contributed by atoms with Gasteiger partial charge in [-0.15, -0.1) is 0 Å². The first-order valence-electron chi connectivity index (χ1n) is 9.34. The Labute approximate surface area is 174 Å². The molecule has 0 amide bonds. The number of nitrogens with zero attached hydrogens (tertiary/aromatic N) is 3. The minimum atomic E-state index is -0.221. The number of hydrogen-bond acceptors (Lipinski definition) is 9. The number of benzene rings is 1. The second-order valence-corrected chi connectivity index (χ2v) is 6.32. The molecule has 0 fully saturated rings. The predicted molar refractivity (Wildman–Crippen MR) is 114 cm³/mol. The third kappa shape index (κ3) is 5.15. The van der Waals surface area contributed by atoms with Crippen LogP contribution in [0.5, 0.6) is 5.75 Å². The van der Waals surface area contributed by atoms with Crippen molar-refractivity contribution in [2.24, 2.45) is 5.73 Å². The van der Waals surface area contributed by atoms with Gasteiger partial charge in [-0.25, -0.2) is 4.98 Å². The molecule has 0 atom stereocenters. The highest BCUT2D eigenvalue weighted by atomic mass is 16.5. The van der Waals surface area contributed by atoms with E-state index in [0.29, 0.717) is 48.3 Å². The molecule has 2 heterocycles. The Balaban J connectivity index is 2.07. The maximum Gasteiger partial charge on any atom is 0.149 e. The van der Waals surface area contributed by atoms with Crippen molar-refractivity contribution >= 4 is 17.7 Å². The number of pyridine rings is 1. The average molecular weight is 408 g/mol. The molecule has 0 radical (unpaired) electrons. The lowest BCUT2D eigenvalue weighted by Gasteiger charge is -2.16. The van der Waals surface area contributed by atoms with Crippen molar-refractivity contribution in [2.45, 2.75) is 13.2 Å². The fourth-order valence-electron chi connectivity index (χ4n) is 2.82. The van der Waals surface area contributed by atoms with Gasteiger partial charge in [0, 0.05) is 25.4 Å². The van der Waals surface area contributed by atoms with Crippen LogP contribution in [0, 0.1) is 5.41 Å². The summed E-state index contributed by atoms with van der Waals surface area (Å²) in [5.41, 5.74) is 9.59. The molecule has 9 nitrogen and oxygen atoms in total. The molecule has 0 saturated carbocycles. The third-order valence-electron chi connectivity index (χ3n) is 4.25. The number of ether oxygens (including phenoxy) is 2. The van der Waals surface area contributed by atoms with Crippen molar-refractivity contribution in [3.8, 4) is 17.0 Å². The zero-order chi connectivity index (χ0) is 21.3. The number of hydrogen-bond donors (Lipinski definition) is 4. The van der Waals surface area contributed by atoms with E-state index in [1.165, 1.54) is 18.6 Å². The molecule has 5 N–H and O–H groups in total. The fraction of sp³-hybridized carbons (Fsp3) is 0.238. The normalized spacial score (nSPS) is 10.6. The van der Waals surface area contributed by atoms with Crippen molar-refractivity contribution in [1.82, 2.24) is 15.0 Å². The zero-order valence-electron chi connectivity index (χ0n) is 16.6. The summed E-state index contributed by atoms with van der Waals surface area (Å²) in [5.74, 6) is 0.946. The molecule has 0 bridgehead atoms. The molecular formula is C21H24N6O3. The van der Waals surface area contributed by atoms with Gasteiger partial charge in [0.25, 0.3) is 0 Å². The standard InChI is InChI=1S/C21H24N6O3/c1-29-5-6-30-20-8-14(18-4-2-3-15(9-22)25-18)7-19(17(20)10-23)27-21-12-24-11-16(13-28)26-21/h2-4,7-8,10-12,23,28H,5-6,9,13,22H2,1H3,(H,26,27). The van der Waals surface area contributed by atoms with Crippen LogP contribution in [0.3, 0.4) is 0 Å². The SMILES string of the molecule is COCCOc1cc(-c2cccc(CN)n2)cc(Nc2cncc(CO)n2)c1C=N. The Morgan fingerprint density at radius 2 is 2.03 bits per heavy atom. The van der Waals surface area contributed by atoms with Crippen molar-refractivity contribution < 1.29 is 14.6 Å². The van der Waals surface area contributed by atoms with E-state index in [0.717, 1.165) is 17.0 Å². The van der Waals surface area contributed by atoms with Crippen molar-refractivity contribution in [2.75, 3.05) is 25.6 Å². The lowest BCUT2D eigenvalue weighted by molar-refractivity contribution is 0.146. The monoisotopic (exact) mass is 408 g/mol. The predicted octanol–water partition coefficient (Wildman–Crippen LogP) is 2.26. The van der Waals surface area contributed by atoms with E-state index in [-0.39, 0.29) is 6.61 Å². The molecule has 9 heteroatoms. The second kappa shape index (κ2) is 10.4. The Hall–Kier alpha value is -3.40. The van der Waals surface area contributed by atoms with E-state index in [4.69, 9.17) is 20.6 Å². The first kappa shape index (κ1) is 21.3. The van der Waals surface area contributed by atoms with Crippen LogP contribution in [0.1, 0.15) is 17.0 Å².